The van der Waals surface area contributed by atoms with Gasteiger partial charge in [-0.05, 0) is 36.3 Å². The van der Waals surface area contributed by atoms with E-state index in [0.717, 1.165) is 24.8 Å². The zero-order valence-corrected chi connectivity index (χ0v) is 10.5. The maximum atomic E-state index is 11.8. The van der Waals surface area contributed by atoms with E-state index < -0.39 is 0 Å². The third-order valence-corrected chi connectivity index (χ3v) is 3.67. The normalized spacial score (nSPS) is 16.3. The molecular weight excluding hydrogens is 228 g/mol. The number of nitrogens with two attached hydrogens (primary N) is 1. The van der Waals surface area contributed by atoms with Crippen molar-refractivity contribution < 1.29 is 9.90 Å². The number of nitrogen functional groups attached to an aromatic ring is 1. The Morgan fingerprint density at radius 2 is 2.11 bits per heavy atom. The van der Waals surface area contributed by atoms with Crippen LogP contribution in [0.1, 0.15) is 24.8 Å². The molecule has 4 nitrogen and oxygen atoms in total. The molecule has 1 aromatic carbocycles. The molecule has 0 heterocycles. The quantitative estimate of drug-likeness (QED) is 0.660. The standard InChI is InChI=1S/C14H20N2O2/c15-12-4-2-1-3-11(12)9-13(18)16-10-14(5-6-14)7-8-17/h1-4,17H,5-10,15H2,(H,16,18). The number of aliphatic hydroxyl groups is 1. The first kappa shape index (κ1) is 12.9. The van der Waals surface area contributed by atoms with Crippen molar-refractivity contribution in [2.24, 2.45) is 5.41 Å². The molecule has 0 spiro atoms. The van der Waals surface area contributed by atoms with Gasteiger partial charge in [0.2, 0.25) is 5.91 Å². The Balaban J connectivity index is 1.81. The summed E-state index contributed by atoms with van der Waals surface area (Å²) in [6.45, 7) is 0.862. The molecule has 0 unspecified atom stereocenters. The summed E-state index contributed by atoms with van der Waals surface area (Å²) in [5.41, 5.74) is 7.48. The predicted molar refractivity (Wildman–Crippen MR) is 70.9 cm³/mol. The molecule has 0 radical (unpaired) electrons. The lowest BCUT2D eigenvalue weighted by Gasteiger charge is -2.14. The molecule has 1 aromatic rings. The van der Waals surface area contributed by atoms with Crippen LogP contribution in [-0.4, -0.2) is 24.2 Å². The summed E-state index contributed by atoms with van der Waals surface area (Å²) >= 11 is 0. The molecule has 1 amide bonds. The fourth-order valence-corrected chi connectivity index (χ4v) is 2.15. The molecule has 0 atom stereocenters. The molecule has 4 heteroatoms. The van der Waals surface area contributed by atoms with Crippen LogP contribution in [0.4, 0.5) is 5.69 Å². The van der Waals surface area contributed by atoms with Crippen LogP contribution >= 0.6 is 0 Å². The topological polar surface area (TPSA) is 75.4 Å². The van der Waals surface area contributed by atoms with Gasteiger partial charge in [-0.15, -0.1) is 0 Å². The number of rotatable bonds is 6. The number of hydrogen-bond donors (Lipinski definition) is 3. The maximum absolute atomic E-state index is 11.8. The van der Waals surface area contributed by atoms with Crippen molar-refractivity contribution in [1.82, 2.24) is 5.32 Å². The van der Waals surface area contributed by atoms with Gasteiger partial charge in [0.15, 0.2) is 0 Å². The zero-order chi connectivity index (χ0) is 13.0. The molecular formula is C14H20N2O2. The second kappa shape index (κ2) is 5.40. The van der Waals surface area contributed by atoms with E-state index in [2.05, 4.69) is 5.32 Å². The van der Waals surface area contributed by atoms with E-state index in [9.17, 15) is 4.79 Å². The summed E-state index contributed by atoms with van der Waals surface area (Å²) < 4.78 is 0. The first-order chi connectivity index (χ1) is 8.65. The Morgan fingerprint density at radius 1 is 1.39 bits per heavy atom. The van der Waals surface area contributed by atoms with Crippen LogP contribution in [0.15, 0.2) is 24.3 Å². The number of amides is 1. The van der Waals surface area contributed by atoms with Crippen molar-refractivity contribution in [3.05, 3.63) is 29.8 Å². The lowest BCUT2D eigenvalue weighted by Crippen LogP contribution is -2.32. The maximum Gasteiger partial charge on any atom is 0.224 e. The highest BCUT2D eigenvalue weighted by Gasteiger charge is 2.41. The predicted octanol–water partition coefficient (Wildman–Crippen LogP) is 1.09. The van der Waals surface area contributed by atoms with Gasteiger partial charge >= 0.3 is 0 Å². The third-order valence-electron chi connectivity index (χ3n) is 3.67. The summed E-state index contributed by atoms with van der Waals surface area (Å²) in [5.74, 6) is -0.00267. The highest BCUT2D eigenvalue weighted by Crippen LogP contribution is 2.47. The minimum Gasteiger partial charge on any atom is -0.398 e. The summed E-state index contributed by atoms with van der Waals surface area (Å²) in [6.07, 6.45) is 3.30. The van der Waals surface area contributed by atoms with Crippen LogP contribution < -0.4 is 11.1 Å². The molecule has 0 saturated heterocycles. The van der Waals surface area contributed by atoms with Crippen LogP contribution in [0.2, 0.25) is 0 Å². The SMILES string of the molecule is Nc1ccccc1CC(=O)NCC1(CCO)CC1. The smallest absolute Gasteiger partial charge is 0.224 e. The number of carbonyl (C=O) groups excluding carboxylic acids is 1. The van der Waals surface area contributed by atoms with Crippen molar-refractivity contribution >= 4 is 11.6 Å². The van der Waals surface area contributed by atoms with Gasteiger partial charge < -0.3 is 16.2 Å². The van der Waals surface area contributed by atoms with Gasteiger partial charge in [0, 0.05) is 18.8 Å². The number of hydrogen-bond acceptors (Lipinski definition) is 3. The summed E-state index contributed by atoms with van der Waals surface area (Å²) in [7, 11) is 0. The van der Waals surface area contributed by atoms with E-state index >= 15 is 0 Å². The Morgan fingerprint density at radius 3 is 2.72 bits per heavy atom. The van der Waals surface area contributed by atoms with Gasteiger partial charge in [0.05, 0.1) is 6.42 Å². The van der Waals surface area contributed by atoms with E-state index in [-0.39, 0.29) is 17.9 Å². The Hall–Kier alpha value is -1.55. The highest BCUT2D eigenvalue weighted by molar-refractivity contribution is 5.80. The number of anilines is 1. The van der Waals surface area contributed by atoms with Gasteiger partial charge in [-0.1, -0.05) is 18.2 Å². The number of aliphatic hydroxyl groups excluding tert-OH is 1. The highest BCUT2D eigenvalue weighted by atomic mass is 16.3. The van der Waals surface area contributed by atoms with Crippen LogP contribution in [-0.2, 0) is 11.2 Å². The molecule has 4 N–H and O–H groups in total. The molecule has 0 aliphatic heterocycles. The Kier molecular flexibility index (Phi) is 3.87. The van der Waals surface area contributed by atoms with Crippen LogP contribution in [0, 0.1) is 5.41 Å². The van der Waals surface area contributed by atoms with Gasteiger partial charge in [-0.25, -0.2) is 0 Å². The van der Waals surface area contributed by atoms with Crippen LogP contribution in [0.5, 0.6) is 0 Å². The lowest BCUT2D eigenvalue weighted by molar-refractivity contribution is -0.120. The molecule has 1 fully saturated rings. The van der Waals surface area contributed by atoms with Gasteiger partial charge in [0.1, 0.15) is 0 Å². The largest absolute Gasteiger partial charge is 0.398 e. The summed E-state index contributed by atoms with van der Waals surface area (Å²) in [4.78, 5) is 11.8. The number of carbonyl (C=O) groups is 1. The van der Waals surface area contributed by atoms with Crippen molar-refractivity contribution in [3.8, 4) is 0 Å². The molecule has 1 aliphatic rings. The van der Waals surface area contributed by atoms with Crippen LogP contribution in [0.3, 0.4) is 0 Å². The number of nitrogens with one attached hydrogen (secondary N) is 1. The summed E-state index contributed by atoms with van der Waals surface area (Å²) in [6, 6.07) is 7.41. The van der Waals surface area contributed by atoms with E-state index in [0.29, 0.717) is 18.7 Å². The molecule has 1 saturated carbocycles. The second-order valence-electron chi connectivity index (χ2n) is 5.13. The molecule has 18 heavy (non-hydrogen) atoms. The molecule has 0 aromatic heterocycles. The van der Waals surface area contributed by atoms with Crippen molar-refractivity contribution in [2.75, 3.05) is 18.9 Å². The second-order valence-corrected chi connectivity index (χ2v) is 5.13. The van der Waals surface area contributed by atoms with E-state index in [1.54, 1.807) is 6.07 Å². The first-order valence-corrected chi connectivity index (χ1v) is 6.36. The third kappa shape index (κ3) is 3.23. The van der Waals surface area contributed by atoms with Gasteiger partial charge in [-0.2, -0.15) is 0 Å². The van der Waals surface area contributed by atoms with E-state index in [1.807, 2.05) is 18.2 Å². The van der Waals surface area contributed by atoms with Gasteiger partial charge in [-0.3, -0.25) is 4.79 Å². The summed E-state index contributed by atoms with van der Waals surface area (Å²) in [5, 5.41) is 11.9. The average Bonchev–Trinajstić information content (AvgIpc) is 3.11. The molecule has 2 rings (SSSR count). The van der Waals surface area contributed by atoms with E-state index in [1.165, 1.54) is 0 Å². The minimum atomic E-state index is -0.00267. The molecule has 0 bridgehead atoms. The van der Waals surface area contributed by atoms with Crippen LogP contribution in [0.25, 0.3) is 0 Å². The Bertz CT molecular complexity index is 428. The number of para-hydroxylation sites is 1. The fourth-order valence-electron chi connectivity index (χ4n) is 2.15. The lowest BCUT2D eigenvalue weighted by atomic mass is 10.0. The van der Waals surface area contributed by atoms with Crippen molar-refractivity contribution in [1.29, 1.82) is 0 Å². The number of benzene rings is 1. The minimum absolute atomic E-state index is 0.00267. The fraction of sp³-hybridized carbons (Fsp3) is 0.500. The molecule has 1 aliphatic carbocycles. The van der Waals surface area contributed by atoms with E-state index in [4.69, 9.17) is 10.8 Å². The van der Waals surface area contributed by atoms with Gasteiger partial charge in [0.25, 0.3) is 0 Å². The Labute approximate surface area is 107 Å². The van der Waals surface area contributed by atoms with Crippen molar-refractivity contribution in [2.45, 2.75) is 25.7 Å². The molecule has 98 valence electrons. The first-order valence-electron chi connectivity index (χ1n) is 6.36. The zero-order valence-electron chi connectivity index (χ0n) is 10.5. The van der Waals surface area contributed by atoms with Crippen molar-refractivity contribution in [3.63, 3.8) is 0 Å². The average molecular weight is 248 g/mol. The monoisotopic (exact) mass is 248 g/mol.